The van der Waals surface area contributed by atoms with Gasteiger partial charge in [-0.25, -0.2) is 4.39 Å². The second-order valence-electron chi connectivity index (χ2n) is 3.92. The Morgan fingerprint density at radius 3 is 3.06 bits per heavy atom. The number of carbonyl (C=O) groups is 1. The number of nitrogens with zero attached hydrogens (tertiary/aromatic N) is 1. The van der Waals surface area contributed by atoms with Crippen LogP contribution in [0, 0.1) is 5.82 Å². The Kier molecular flexibility index (Phi) is 4.39. The van der Waals surface area contributed by atoms with E-state index in [2.05, 4.69) is 22.6 Å². The van der Waals surface area contributed by atoms with Crippen LogP contribution in [0.3, 0.4) is 0 Å². The summed E-state index contributed by atoms with van der Waals surface area (Å²) in [5.74, 6) is -0.112. The highest BCUT2D eigenvalue weighted by Gasteiger charge is 2.27. The van der Waals surface area contributed by atoms with Crippen LogP contribution in [0.4, 0.5) is 10.1 Å². The molecule has 0 aliphatic carbocycles. The third-order valence-corrected chi connectivity index (χ3v) is 3.74. The zero-order valence-corrected chi connectivity index (χ0v) is 12.0. The molecule has 4 nitrogen and oxygen atoms in total. The Morgan fingerprint density at radius 1 is 1.61 bits per heavy atom. The minimum absolute atomic E-state index is 0.0504. The maximum absolute atomic E-state index is 13.1. The highest BCUT2D eigenvalue weighted by Crippen LogP contribution is 2.32. The van der Waals surface area contributed by atoms with Gasteiger partial charge in [0, 0.05) is 17.6 Å². The van der Waals surface area contributed by atoms with Gasteiger partial charge in [-0.1, -0.05) is 22.6 Å². The minimum atomic E-state index is -0.375. The lowest BCUT2D eigenvalue weighted by atomic mass is 10.2. The smallest absolute Gasteiger partial charge is 0.265 e. The van der Waals surface area contributed by atoms with Gasteiger partial charge in [-0.15, -0.1) is 0 Å². The van der Waals surface area contributed by atoms with Gasteiger partial charge < -0.3 is 14.4 Å². The normalized spacial score (nSPS) is 16.2. The summed E-state index contributed by atoms with van der Waals surface area (Å²) in [6.07, 6.45) is -0.0504. The molecule has 0 aromatic heterocycles. The van der Waals surface area contributed by atoms with Crippen LogP contribution < -0.4 is 9.64 Å². The van der Waals surface area contributed by atoms with Crippen molar-refractivity contribution >= 4 is 34.2 Å². The first-order chi connectivity index (χ1) is 8.65. The molecule has 1 aliphatic rings. The number of fused-ring (bicyclic) bond motifs is 1. The van der Waals surface area contributed by atoms with E-state index in [-0.39, 0.29) is 24.4 Å². The summed E-state index contributed by atoms with van der Waals surface area (Å²) in [7, 11) is 1.61. The molecule has 1 aliphatic heterocycles. The largest absolute Gasteiger partial charge is 0.481 e. The van der Waals surface area contributed by atoms with Gasteiger partial charge in [-0.05, 0) is 12.1 Å². The van der Waals surface area contributed by atoms with E-state index in [9.17, 15) is 9.18 Å². The third kappa shape index (κ3) is 2.74. The van der Waals surface area contributed by atoms with Gasteiger partial charge in [0.2, 0.25) is 0 Å². The molecule has 0 saturated heterocycles. The molecule has 1 atom stereocenters. The number of ether oxygens (including phenoxy) is 2. The Bertz CT molecular complexity index is 451. The van der Waals surface area contributed by atoms with Crippen LogP contribution in [0.15, 0.2) is 18.2 Å². The molecule has 0 radical (unpaired) electrons. The molecular formula is C12H13FINO3. The van der Waals surface area contributed by atoms with Gasteiger partial charge >= 0.3 is 0 Å². The van der Waals surface area contributed by atoms with Gasteiger partial charge in [0.1, 0.15) is 11.6 Å². The molecule has 18 heavy (non-hydrogen) atoms. The zero-order chi connectivity index (χ0) is 13.1. The Labute approximate surface area is 118 Å². The summed E-state index contributed by atoms with van der Waals surface area (Å²) >= 11 is 2.20. The summed E-state index contributed by atoms with van der Waals surface area (Å²) < 4.78 is 24.4. The van der Waals surface area contributed by atoms with Crippen molar-refractivity contribution in [3.63, 3.8) is 0 Å². The number of methoxy groups -OCH3 is 1. The van der Waals surface area contributed by atoms with Gasteiger partial charge in [-0.3, -0.25) is 4.79 Å². The summed E-state index contributed by atoms with van der Waals surface area (Å²) in [5.41, 5.74) is 0.597. The molecule has 0 N–H and O–H groups in total. The van der Waals surface area contributed by atoms with Gasteiger partial charge in [0.05, 0.1) is 18.3 Å². The highest BCUT2D eigenvalue weighted by atomic mass is 127. The average molecular weight is 365 g/mol. The molecular weight excluding hydrogens is 352 g/mol. The number of anilines is 1. The number of alkyl halides is 1. The maximum Gasteiger partial charge on any atom is 0.265 e. The summed E-state index contributed by atoms with van der Waals surface area (Å²) in [6, 6.07) is 4.17. The average Bonchev–Trinajstić information content (AvgIpc) is 2.38. The van der Waals surface area contributed by atoms with Crippen LogP contribution in [0.1, 0.15) is 0 Å². The predicted molar refractivity (Wildman–Crippen MR) is 73.9 cm³/mol. The van der Waals surface area contributed by atoms with E-state index >= 15 is 0 Å². The van der Waals surface area contributed by atoms with Crippen molar-refractivity contribution in [2.75, 3.05) is 29.6 Å². The number of halogens is 2. The molecule has 1 amide bonds. The molecule has 98 valence electrons. The predicted octanol–water partition coefficient (Wildman–Crippen LogP) is 2.00. The van der Waals surface area contributed by atoms with Crippen molar-refractivity contribution in [3.05, 3.63) is 24.0 Å². The molecule has 1 aromatic carbocycles. The number of amides is 1. The molecule has 6 heteroatoms. The Balaban J connectivity index is 2.27. The molecule has 0 fully saturated rings. The number of carbonyl (C=O) groups excluding carboxylic acids is 1. The van der Waals surface area contributed by atoms with E-state index in [1.807, 2.05) is 0 Å². The lowest BCUT2D eigenvalue weighted by Crippen LogP contribution is -2.44. The van der Waals surface area contributed by atoms with Crippen molar-refractivity contribution in [1.29, 1.82) is 0 Å². The Morgan fingerprint density at radius 2 is 2.39 bits per heavy atom. The van der Waals surface area contributed by atoms with Crippen molar-refractivity contribution in [1.82, 2.24) is 0 Å². The van der Waals surface area contributed by atoms with Gasteiger partial charge in [0.25, 0.3) is 5.91 Å². The summed E-state index contributed by atoms with van der Waals surface area (Å²) in [5, 5.41) is 0. The third-order valence-electron chi connectivity index (χ3n) is 2.76. The summed E-state index contributed by atoms with van der Waals surface area (Å²) in [6.45, 7) is 0.383. The van der Waals surface area contributed by atoms with Gasteiger partial charge in [0.15, 0.2) is 6.61 Å². The fraction of sp³-hybridized carbons (Fsp3) is 0.417. The van der Waals surface area contributed by atoms with Crippen LogP contribution in [-0.4, -0.2) is 36.7 Å². The van der Waals surface area contributed by atoms with E-state index in [0.717, 1.165) is 4.43 Å². The number of rotatable bonds is 4. The van der Waals surface area contributed by atoms with Crippen LogP contribution in [0.25, 0.3) is 0 Å². The van der Waals surface area contributed by atoms with Crippen LogP contribution >= 0.6 is 22.6 Å². The molecule has 1 unspecified atom stereocenters. The van der Waals surface area contributed by atoms with Crippen molar-refractivity contribution in [2.45, 2.75) is 6.10 Å². The Hall–Kier alpha value is -0.890. The molecule has 2 rings (SSSR count). The van der Waals surface area contributed by atoms with E-state index in [1.54, 1.807) is 18.1 Å². The SMILES string of the molecule is COC(CI)CN1C(=O)COc2cc(F)ccc21. The number of hydrogen-bond donors (Lipinski definition) is 0. The molecule has 1 heterocycles. The first-order valence-corrected chi connectivity index (χ1v) is 6.99. The number of hydrogen-bond acceptors (Lipinski definition) is 3. The van der Waals surface area contributed by atoms with E-state index in [4.69, 9.17) is 9.47 Å². The first-order valence-electron chi connectivity index (χ1n) is 5.47. The fourth-order valence-corrected chi connectivity index (χ4v) is 2.41. The molecule has 0 saturated carbocycles. The fourth-order valence-electron chi connectivity index (χ4n) is 1.77. The zero-order valence-electron chi connectivity index (χ0n) is 9.86. The lowest BCUT2D eigenvalue weighted by molar-refractivity contribution is -0.121. The van der Waals surface area contributed by atoms with Crippen molar-refractivity contribution in [3.8, 4) is 5.75 Å². The second kappa shape index (κ2) is 5.83. The van der Waals surface area contributed by atoms with E-state index in [0.29, 0.717) is 18.0 Å². The topological polar surface area (TPSA) is 38.8 Å². The minimum Gasteiger partial charge on any atom is -0.481 e. The van der Waals surface area contributed by atoms with Gasteiger partial charge in [-0.2, -0.15) is 0 Å². The maximum atomic E-state index is 13.1. The quantitative estimate of drug-likeness (QED) is 0.605. The van der Waals surface area contributed by atoms with E-state index < -0.39 is 0 Å². The number of benzene rings is 1. The van der Waals surface area contributed by atoms with E-state index in [1.165, 1.54) is 12.1 Å². The molecule has 0 spiro atoms. The van der Waals surface area contributed by atoms with Crippen LogP contribution in [0.2, 0.25) is 0 Å². The molecule has 0 bridgehead atoms. The van der Waals surface area contributed by atoms with Crippen molar-refractivity contribution in [2.24, 2.45) is 0 Å². The van der Waals surface area contributed by atoms with Crippen LogP contribution in [-0.2, 0) is 9.53 Å². The monoisotopic (exact) mass is 365 g/mol. The highest BCUT2D eigenvalue weighted by molar-refractivity contribution is 14.1. The lowest BCUT2D eigenvalue weighted by Gasteiger charge is -2.31. The second-order valence-corrected chi connectivity index (χ2v) is 4.80. The first kappa shape index (κ1) is 13.5. The van der Waals surface area contributed by atoms with Crippen LogP contribution in [0.5, 0.6) is 5.75 Å². The standard InChI is InChI=1S/C12H13FINO3/c1-17-9(5-14)6-15-10-3-2-8(13)4-11(10)18-7-12(15)16/h2-4,9H,5-7H2,1H3. The van der Waals surface area contributed by atoms with Crippen molar-refractivity contribution < 1.29 is 18.7 Å². The summed E-state index contributed by atoms with van der Waals surface area (Å²) in [4.78, 5) is 13.4. The molecule has 1 aromatic rings.